The summed E-state index contributed by atoms with van der Waals surface area (Å²) in [5.41, 5.74) is 6.10. The van der Waals surface area contributed by atoms with Crippen LogP contribution in [0.2, 0.25) is 5.02 Å². The van der Waals surface area contributed by atoms with E-state index in [1.54, 1.807) is 12.1 Å². The van der Waals surface area contributed by atoms with Gasteiger partial charge >= 0.3 is 0 Å². The molecule has 0 spiro atoms. The average molecular weight is 303 g/mol. The summed E-state index contributed by atoms with van der Waals surface area (Å²) in [7, 11) is -1.49. The molecule has 2 unspecified atom stereocenters. The molecule has 0 aliphatic rings. The van der Waals surface area contributed by atoms with Gasteiger partial charge in [-0.05, 0) is 31.0 Å². The van der Waals surface area contributed by atoms with E-state index in [0.29, 0.717) is 21.5 Å². The molecule has 0 heterocycles. The first kappa shape index (κ1) is 16.0. The number of carbonyl (C=O) groups is 1. The van der Waals surface area contributed by atoms with Crippen molar-refractivity contribution in [2.75, 3.05) is 11.5 Å². The minimum absolute atomic E-state index is 0.0424. The van der Waals surface area contributed by atoms with Crippen molar-refractivity contribution in [3.05, 3.63) is 23.2 Å². The first-order valence-corrected chi connectivity index (χ1v) is 7.73. The number of benzene rings is 1. The van der Waals surface area contributed by atoms with E-state index in [1.165, 1.54) is 6.07 Å². The molecule has 4 nitrogen and oxygen atoms in total. The molecule has 0 saturated heterocycles. The largest absolute Gasteiger partial charge is 0.399 e. The van der Waals surface area contributed by atoms with Crippen molar-refractivity contribution < 1.29 is 9.00 Å². The molecule has 19 heavy (non-hydrogen) atoms. The standard InChI is InChI=1S/C13H19ClN2O2S/c1-8(2)9(3)16-13(17)7-19(18)12-6-10(15)4-5-11(12)14/h4-6,8-9H,7,15H2,1-3H3,(H,16,17). The maximum atomic E-state index is 12.1. The minimum Gasteiger partial charge on any atom is -0.399 e. The normalized spacial score (nSPS) is 14.2. The second-order valence-electron chi connectivity index (χ2n) is 4.78. The smallest absolute Gasteiger partial charge is 0.233 e. The van der Waals surface area contributed by atoms with Crippen LogP contribution in [-0.2, 0) is 15.6 Å². The number of anilines is 1. The Hall–Kier alpha value is -1.07. The van der Waals surface area contributed by atoms with Gasteiger partial charge in [-0.1, -0.05) is 25.4 Å². The third-order valence-electron chi connectivity index (χ3n) is 2.85. The van der Waals surface area contributed by atoms with Crippen molar-refractivity contribution in [1.29, 1.82) is 0 Å². The molecule has 0 aliphatic carbocycles. The Bertz CT molecular complexity index is 492. The first-order valence-electron chi connectivity index (χ1n) is 6.04. The van der Waals surface area contributed by atoms with Gasteiger partial charge in [-0.2, -0.15) is 0 Å². The Morgan fingerprint density at radius 2 is 2.05 bits per heavy atom. The summed E-state index contributed by atoms with van der Waals surface area (Å²) in [6.45, 7) is 5.94. The molecule has 0 bridgehead atoms. The number of nitrogen functional groups attached to an aromatic ring is 1. The lowest BCUT2D eigenvalue weighted by Gasteiger charge is -2.17. The van der Waals surface area contributed by atoms with Gasteiger partial charge in [-0.15, -0.1) is 0 Å². The lowest BCUT2D eigenvalue weighted by molar-refractivity contribution is -0.119. The summed E-state index contributed by atoms with van der Waals surface area (Å²) < 4.78 is 12.1. The lowest BCUT2D eigenvalue weighted by Crippen LogP contribution is -2.38. The number of rotatable bonds is 5. The second-order valence-corrected chi connectivity index (χ2v) is 6.61. The lowest BCUT2D eigenvalue weighted by atomic mass is 10.1. The Morgan fingerprint density at radius 3 is 2.63 bits per heavy atom. The highest BCUT2D eigenvalue weighted by atomic mass is 35.5. The maximum Gasteiger partial charge on any atom is 0.233 e. The van der Waals surface area contributed by atoms with Crippen LogP contribution < -0.4 is 11.1 Å². The van der Waals surface area contributed by atoms with Crippen LogP contribution in [0.5, 0.6) is 0 Å². The Balaban J connectivity index is 2.69. The van der Waals surface area contributed by atoms with Gasteiger partial charge in [0.05, 0.1) is 20.7 Å². The van der Waals surface area contributed by atoms with E-state index in [-0.39, 0.29) is 17.7 Å². The van der Waals surface area contributed by atoms with Crippen molar-refractivity contribution >= 4 is 34.0 Å². The summed E-state index contributed by atoms with van der Waals surface area (Å²) in [6.07, 6.45) is 0. The number of hydrogen-bond acceptors (Lipinski definition) is 3. The molecule has 1 rings (SSSR count). The van der Waals surface area contributed by atoms with E-state index in [4.69, 9.17) is 17.3 Å². The van der Waals surface area contributed by atoms with Gasteiger partial charge in [0.1, 0.15) is 5.75 Å². The number of nitrogens with one attached hydrogen (secondary N) is 1. The van der Waals surface area contributed by atoms with Crippen LogP contribution in [0.15, 0.2) is 23.1 Å². The highest BCUT2D eigenvalue weighted by Gasteiger charge is 2.16. The van der Waals surface area contributed by atoms with E-state index in [1.807, 2.05) is 20.8 Å². The first-order chi connectivity index (χ1) is 8.81. The molecule has 0 radical (unpaired) electrons. The molecule has 106 valence electrons. The highest BCUT2D eigenvalue weighted by molar-refractivity contribution is 7.85. The topological polar surface area (TPSA) is 72.2 Å². The summed E-state index contributed by atoms with van der Waals surface area (Å²) in [4.78, 5) is 12.2. The van der Waals surface area contributed by atoms with Crippen molar-refractivity contribution in [2.45, 2.75) is 31.7 Å². The maximum absolute atomic E-state index is 12.1. The molecule has 0 aromatic heterocycles. The molecule has 2 atom stereocenters. The number of halogens is 1. The molecule has 1 aromatic rings. The van der Waals surface area contributed by atoms with Crippen LogP contribution in [0.4, 0.5) is 5.69 Å². The molecule has 3 N–H and O–H groups in total. The van der Waals surface area contributed by atoms with Gasteiger partial charge in [0.15, 0.2) is 0 Å². The summed E-state index contributed by atoms with van der Waals surface area (Å²) >= 11 is 5.95. The average Bonchev–Trinajstić information content (AvgIpc) is 2.31. The van der Waals surface area contributed by atoms with Gasteiger partial charge < -0.3 is 11.1 Å². The summed E-state index contributed by atoms with van der Waals surface area (Å²) in [6, 6.07) is 4.79. The van der Waals surface area contributed by atoms with Crippen LogP contribution in [0, 0.1) is 5.92 Å². The second kappa shape index (κ2) is 6.91. The fourth-order valence-corrected chi connectivity index (χ4v) is 2.76. The zero-order chi connectivity index (χ0) is 14.6. The Morgan fingerprint density at radius 1 is 1.42 bits per heavy atom. The van der Waals surface area contributed by atoms with Crippen LogP contribution in [0.25, 0.3) is 0 Å². The quantitative estimate of drug-likeness (QED) is 0.819. The van der Waals surface area contributed by atoms with Gasteiger partial charge in [0.25, 0.3) is 0 Å². The fraction of sp³-hybridized carbons (Fsp3) is 0.462. The van der Waals surface area contributed by atoms with Gasteiger partial charge in [0, 0.05) is 11.7 Å². The van der Waals surface area contributed by atoms with Gasteiger partial charge in [-0.3, -0.25) is 9.00 Å². The third-order valence-corrected chi connectivity index (χ3v) is 4.65. The summed E-state index contributed by atoms with van der Waals surface area (Å²) in [5.74, 6) is -0.0355. The van der Waals surface area contributed by atoms with E-state index in [0.717, 1.165) is 0 Å². The van der Waals surface area contributed by atoms with Crippen molar-refractivity contribution in [3.63, 3.8) is 0 Å². The molecule has 1 amide bonds. The monoisotopic (exact) mass is 302 g/mol. The predicted molar refractivity (Wildman–Crippen MR) is 79.6 cm³/mol. The van der Waals surface area contributed by atoms with Gasteiger partial charge in [0.2, 0.25) is 5.91 Å². The molecule has 0 aliphatic heterocycles. The predicted octanol–water partition coefficient (Wildman–Crippen LogP) is 2.19. The molecular weight excluding hydrogens is 284 g/mol. The Labute approximate surface area is 121 Å². The van der Waals surface area contributed by atoms with Crippen LogP contribution in [-0.4, -0.2) is 21.9 Å². The number of amides is 1. The van der Waals surface area contributed by atoms with Crippen LogP contribution in [0.3, 0.4) is 0 Å². The zero-order valence-corrected chi connectivity index (χ0v) is 12.8. The molecule has 0 saturated carbocycles. The number of carbonyl (C=O) groups excluding carboxylic acids is 1. The van der Waals surface area contributed by atoms with Crippen molar-refractivity contribution in [3.8, 4) is 0 Å². The van der Waals surface area contributed by atoms with Crippen molar-refractivity contribution in [1.82, 2.24) is 5.32 Å². The number of hydrogen-bond donors (Lipinski definition) is 2. The SMILES string of the molecule is CC(C)C(C)NC(=O)CS(=O)c1cc(N)ccc1Cl. The Kier molecular flexibility index (Phi) is 5.82. The molecule has 1 aromatic carbocycles. The summed E-state index contributed by atoms with van der Waals surface area (Å²) in [5, 5.41) is 3.17. The highest BCUT2D eigenvalue weighted by Crippen LogP contribution is 2.22. The third kappa shape index (κ3) is 4.84. The fourth-order valence-electron chi connectivity index (χ4n) is 1.35. The molecule has 0 fully saturated rings. The van der Waals surface area contributed by atoms with E-state index < -0.39 is 10.8 Å². The molecule has 6 heteroatoms. The molecular formula is C13H19ClN2O2S. The van der Waals surface area contributed by atoms with E-state index in [2.05, 4.69) is 5.32 Å². The minimum atomic E-state index is -1.49. The zero-order valence-electron chi connectivity index (χ0n) is 11.3. The van der Waals surface area contributed by atoms with Crippen LogP contribution in [0.1, 0.15) is 20.8 Å². The van der Waals surface area contributed by atoms with Crippen molar-refractivity contribution in [2.24, 2.45) is 5.92 Å². The van der Waals surface area contributed by atoms with E-state index >= 15 is 0 Å². The van der Waals surface area contributed by atoms with Crippen LogP contribution >= 0.6 is 11.6 Å². The van der Waals surface area contributed by atoms with E-state index in [9.17, 15) is 9.00 Å². The van der Waals surface area contributed by atoms with Gasteiger partial charge in [-0.25, -0.2) is 0 Å². The number of nitrogens with two attached hydrogens (primary N) is 1.